The van der Waals surface area contributed by atoms with Crippen molar-refractivity contribution in [1.29, 1.82) is 0 Å². The highest BCUT2D eigenvalue weighted by Crippen LogP contribution is 2.24. The van der Waals surface area contributed by atoms with Crippen molar-refractivity contribution in [3.63, 3.8) is 0 Å². The number of furan rings is 1. The van der Waals surface area contributed by atoms with Gasteiger partial charge in [0.1, 0.15) is 11.3 Å². The topological polar surface area (TPSA) is 39.4 Å². The number of carbonyl (C=O) groups is 1. The maximum Gasteiger partial charge on any atom is 0.379 e. The van der Waals surface area contributed by atoms with Gasteiger partial charge in [0.2, 0.25) is 5.76 Å². The van der Waals surface area contributed by atoms with Crippen molar-refractivity contribution in [3.05, 3.63) is 64.3 Å². The predicted octanol–water partition coefficient (Wildman–Crippen LogP) is 4.72. The van der Waals surface area contributed by atoms with E-state index in [9.17, 15) is 4.79 Å². The van der Waals surface area contributed by atoms with Crippen LogP contribution < -0.4 is 4.74 Å². The number of hydrogen-bond donors (Lipinski definition) is 0. The van der Waals surface area contributed by atoms with E-state index in [2.05, 4.69) is 15.9 Å². The quantitative estimate of drug-likeness (QED) is 0.504. The second kappa shape index (κ2) is 5.13. The molecule has 0 saturated heterocycles. The molecule has 2 aromatic carbocycles. The average Bonchev–Trinajstić information content (AvgIpc) is 2.81. The van der Waals surface area contributed by atoms with Gasteiger partial charge >= 0.3 is 5.97 Å². The third kappa shape index (κ3) is 2.60. The zero-order valence-corrected chi connectivity index (χ0v) is 12.3. The molecular weight excluding hydrogens is 320 g/mol. The Labute approximate surface area is 124 Å². The van der Waals surface area contributed by atoms with Crippen molar-refractivity contribution in [2.75, 3.05) is 0 Å². The molecule has 4 heteroatoms. The van der Waals surface area contributed by atoms with Crippen molar-refractivity contribution in [2.45, 2.75) is 6.92 Å². The molecule has 0 amide bonds. The van der Waals surface area contributed by atoms with Gasteiger partial charge in [-0.25, -0.2) is 4.79 Å². The van der Waals surface area contributed by atoms with Crippen molar-refractivity contribution in [1.82, 2.24) is 0 Å². The smallest absolute Gasteiger partial charge is 0.379 e. The second-order valence-corrected chi connectivity index (χ2v) is 5.41. The SMILES string of the molecule is Cc1cccc(OC(=O)c2cc3cc(Br)ccc3o2)c1. The Balaban J connectivity index is 1.88. The van der Waals surface area contributed by atoms with Gasteiger partial charge in [-0.2, -0.15) is 0 Å². The number of halogens is 1. The second-order valence-electron chi connectivity index (χ2n) is 4.50. The highest BCUT2D eigenvalue weighted by atomic mass is 79.9. The molecule has 0 aliphatic heterocycles. The molecule has 1 heterocycles. The van der Waals surface area contributed by atoms with Crippen LogP contribution in [-0.2, 0) is 0 Å². The molecule has 0 aliphatic rings. The lowest BCUT2D eigenvalue weighted by Gasteiger charge is -2.02. The minimum absolute atomic E-state index is 0.194. The predicted molar refractivity (Wildman–Crippen MR) is 80.1 cm³/mol. The maximum absolute atomic E-state index is 12.1. The van der Waals surface area contributed by atoms with Gasteiger partial charge in [-0.05, 0) is 48.9 Å². The lowest BCUT2D eigenvalue weighted by molar-refractivity contribution is 0.0704. The summed E-state index contributed by atoms with van der Waals surface area (Å²) in [6, 6.07) is 14.6. The van der Waals surface area contributed by atoms with Crippen LogP contribution in [0.5, 0.6) is 5.75 Å². The van der Waals surface area contributed by atoms with E-state index in [1.54, 1.807) is 18.2 Å². The van der Waals surface area contributed by atoms with Crippen LogP contribution in [0.4, 0.5) is 0 Å². The van der Waals surface area contributed by atoms with Crippen molar-refractivity contribution < 1.29 is 13.9 Å². The molecule has 20 heavy (non-hydrogen) atoms. The molecule has 0 atom stereocenters. The van der Waals surface area contributed by atoms with E-state index in [1.165, 1.54) is 0 Å². The van der Waals surface area contributed by atoms with Gasteiger partial charge in [0.25, 0.3) is 0 Å². The van der Waals surface area contributed by atoms with Gasteiger partial charge in [0.05, 0.1) is 0 Å². The molecule has 0 bridgehead atoms. The highest BCUT2D eigenvalue weighted by molar-refractivity contribution is 9.10. The lowest BCUT2D eigenvalue weighted by atomic mass is 10.2. The normalized spacial score (nSPS) is 10.7. The van der Waals surface area contributed by atoms with Gasteiger partial charge in [-0.1, -0.05) is 28.1 Å². The van der Waals surface area contributed by atoms with E-state index in [1.807, 2.05) is 37.3 Å². The summed E-state index contributed by atoms with van der Waals surface area (Å²) in [5.74, 6) is 0.208. The monoisotopic (exact) mass is 330 g/mol. The molecule has 0 radical (unpaired) electrons. The fraction of sp³-hybridized carbons (Fsp3) is 0.0625. The van der Waals surface area contributed by atoms with Crippen LogP contribution >= 0.6 is 15.9 Å². The van der Waals surface area contributed by atoms with E-state index >= 15 is 0 Å². The average molecular weight is 331 g/mol. The Hall–Kier alpha value is -2.07. The fourth-order valence-electron chi connectivity index (χ4n) is 1.95. The summed E-state index contributed by atoms with van der Waals surface area (Å²) in [7, 11) is 0. The number of carbonyl (C=O) groups excluding carboxylic acids is 1. The molecule has 0 N–H and O–H groups in total. The highest BCUT2D eigenvalue weighted by Gasteiger charge is 2.14. The maximum atomic E-state index is 12.1. The third-order valence-electron chi connectivity index (χ3n) is 2.88. The molecule has 0 fully saturated rings. The van der Waals surface area contributed by atoms with Crippen LogP contribution in [0.1, 0.15) is 16.1 Å². The van der Waals surface area contributed by atoms with Crippen LogP contribution in [0, 0.1) is 6.92 Å². The lowest BCUT2D eigenvalue weighted by Crippen LogP contribution is -2.07. The van der Waals surface area contributed by atoms with E-state index < -0.39 is 5.97 Å². The van der Waals surface area contributed by atoms with Gasteiger partial charge in [-0.3, -0.25) is 0 Å². The Kier molecular flexibility index (Phi) is 3.32. The Morgan fingerprint density at radius 1 is 1.15 bits per heavy atom. The summed E-state index contributed by atoms with van der Waals surface area (Å²) >= 11 is 3.38. The van der Waals surface area contributed by atoms with E-state index in [4.69, 9.17) is 9.15 Å². The summed E-state index contributed by atoms with van der Waals surface area (Å²) in [5.41, 5.74) is 1.69. The molecule has 100 valence electrons. The van der Waals surface area contributed by atoms with Crippen LogP contribution in [0.3, 0.4) is 0 Å². The molecule has 3 rings (SSSR count). The minimum Gasteiger partial charge on any atom is -0.449 e. The standard InChI is InChI=1S/C16H11BrO3/c1-10-3-2-4-13(7-10)19-16(18)15-9-11-8-12(17)5-6-14(11)20-15/h2-9H,1H3. The molecule has 0 spiro atoms. The number of esters is 1. The first-order valence-corrected chi connectivity index (χ1v) is 6.89. The zero-order chi connectivity index (χ0) is 14.1. The Bertz CT molecular complexity index is 789. The number of rotatable bonds is 2. The number of aryl methyl sites for hydroxylation is 1. The number of benzene rings is 2. The summed E-state index contributed by atoms with van der Waals surface area (Å²) in [6.45, 7) is 1.94. The van der Waals surface area contributed by atoms with Crippen LogP contribution in [-0.4, -0.2) is 5.97 Å². The summed E-state index contributed by atoms with van der Waals surface area (Å²) in [4.78, 5) is 12.1. The first kappa shape index (κ1) is 12.9. The minimum atomic E-state index is -0.497. The summed E-state index contributed by atoms with van der Waals surface area (Å²) < 4.78 is 11.7. The first-order valence-electron chi connectivity index (χ1n) is 6.10. The zero-order valence-electron chi connectivity index (χ0n) is 10.7. The van der Waals surface area contributed by atoms with Crippen molar-refractivity contribution in [2.24, 2.45) is 0 Å². The summed E-state index contributed by atoms with van der Waals surface area (Å²) in [5, 5.41) is 0.857. The van der Waals surface area contributed by atoms with E-state index in [0.717, 1.165) is 15.4 Å². The van der Waals surface area contributed by atoms with Crippen LogP contribution in [0.15, 0.2) is 57.4 Å². The molecule has 3 nitrogen and oxygen atoms in total. The summed E-state index contributed by atoms with van der Waals surface area (Å²) in [6.07, 6.45) is 0. The van der Waals surface area contributed by atoms with Crippen LogP contribution in [0.25, 0.3) is 11.0 Å². The number of ether oxygens (including phenoxy) is 1. The Morgan fingerprint density at radius 3 is 2.80 bits per heavy atom. The third-order valence-corrected chi connectivity index (χ3v) is 3.37. The number of hydrogen-bond acceptors (Lipinski definition) is 3. The molecular formula is C16H11BrO3. The molecule has 3 aromatic rings. The van der Waals surface area contributed by atoms with Gasteiger partial charge in [-0.15, -0.1) is 0 Å². The van der Waals surface area contributed by atoms with Gasteiger partial charge in [0, 0.05) is 9.86 Å². The van der Waals surface area contributed by atoms with Crippen molar-refractivity contribution >= 4 is 32.9 Å². The van der Waals surface area contributed by atoms with Crippen LogP contribution in [0.2, 0.25) is 0 Å². The molecule has 0 unspecified atom stereocenters. The first-order chi connectivity index (χ1) is 9.61. The molecule has 1 aromatic heterocycles. The fourth-order valence-corrected chi connectivity index (χ4v) is 2.33. The Morgan fingerprint density at radius 2 is 2.00 bits per heavy atom. The van der Waals surface area contributed by atoms with Gasteiger partial charge in [0.15, 0.2) is 0 Å². The van der Waals surface area contributed by atoms with Gasteiger partial charge < -0.3 is 9.15 Å². The van der Waals surface area contributed by atoms with Crippen molar-refractivity contribution in [3.8, 4) is 5.75 Å². The molecule has 0 aliphatic carbocycles. The largest absolute Gasteiger partial charge is 0.449 e. The number of fused-ring (bicyclic) bond motifs is 1. The molecule has 0 saturated carbocycles. The van der Waals surface area contributed by atoms with E-state index in [0.29, 0.717) is 11.3 Å². The van der Waals surface area contributed by atoms with E-state index in [-0.39, 0.29) is 5.76 Å².